The number of ether oxygens (including phenoxy) is 2. The summed E-state index contributed by atoms with van der Waals surface area (Å²) in [5.74, 6) is 0. The fourth-order valence-corrected chi connectivity index (χ4v) is 1.31. The Labute approximate surface area is 87.4 Å². The van der Waals surface area contributed by atoms with Crippen LogP contribution in [0.1, 0.15) is 0 Å². The first-order valence-corrected chi connectivity index (χ1v) is 4.52. The van der Waals surface area contributed by atoms with Gasteiger partial charge in [0, 0.05) is 0 Å². The molecule has 1 aliphatic rings. The van der Waals surface area contributed by atoms with E-state index in [0.717, 1.165) is 0 Å². The van der Waals surface area contributed by atoms with Crippen LogP contribution in [0.3, 0.4) is 0 Å². The van der Waals surface area contributed by atoms with E-state index in [1.54, 1.807) is 0 Å². The van der Waals surface area contributed by atoms with Crippen molar-refractivity contribution in [3.8, 4) is 0 Å². The second kappa shape index (κ2) is 5.55. The molecule has 5 atom stereocenters. The lowest BCUT2D eigenvalue weighted by molar-refractivity contribution is -0.291. The molecule has 0 aliphatic carbocycles. The van der Waals surface area contributed by atoms with E-state index in [2.05, 4.69) is 6.58 Å². The van der Waals surface area contributed by atoms with Gasteiger partial charge in [0.25, 0.3) is 0 Å². The predicted molar refractivity (Wildman–Crippen MR) is 49.3 cm³/mol. The zero-order chi connectivity index (χ0) is 11.4. The smallest absolute Gasteiger partial charge is 0.187 e. The van der Waals surface area contributed by atoms with Crippen molar-refractivity contribution in [1.29, 1.82) is 0 Å². The molecular weight excluding hydrogens is 204 g/mol. The van der Waals surface area contributed by atoms with Gasteiger partial charge in [-0.05, 0) is 0 Å². The highest BCUT2D eigenvalue weighted by Gasteiger charge is 2.43. The third-order valence-corrected chi connectivity index (χ3v) is 2.16. The third-order valence-electron chi connectivity index (χ3n) is 2.16. The SMILES string of the molecule is C=C[CH]OC1O[C@H](CO)[C@@H](O)[C@H](O)[C@H]1O. The highest BCUT2D eigenvalue weighted by molar-refractivity contribution is 4.90. The Morgan fingerprint density at radius 1 is 1.20 bits per heavy atom. The summed E-state index contributed by atoms with van der Waals surface area (Å²) >= 11 is 0. The Morgan fingerprint density at radius 3 is 2.40 bits per heavy atom. The predicted octanol–water partition coefficient (Wildman–Crippen LogP) is -1.85. The second-order valence-corrected chi connectivity index (χ2v) is 3.21. The molecular formula is C9H15O6. The van der Waals surface area contributed by atoms with Crippen LogP contribution in [-0.2, 0) is 9.47 Å². The van der Waals surface area contributed by atoms with Gasteiger partial charge in [-0.3, -0.25) is 0 Å². The monoisotopic (exact) mass is 219 g/mol. The molecule has 4 N–H and O–H groups in total. The Bertz CT molecular complexity index is 207. The van der Waals surface area contributed by atoms with Gasteiger partial charge in [0.15, 0.2) is 6.29 Å². The van der Waals surface area contributed by atoms with Crippen LogP contribution in [-0.4, -0.2) is 57.7 Å². The molecule has 1 unspecified atom stereocenters. The topological polar surface area (TPSA) is 99.4 Å². The van der Waals surface area contributed by atoms with Crippen molar-refractivity contribution >= 4 is 0 Å². The standard InChI is InChI=1S/C9H15O6/c1-2-3-14-9-8(13)7(12)6(11)5(4-10)15-9/h2-3,5-13H,1,4H2/t5-,6-,7+,8-,9?/m1/s1. The van der Waals surface area contributed by atoms with Crippen LogP contribution in [0.4, 0.5) is 0 Å². The van der Waals surface area contributed by atoms with E-state index in [-0.39, 0.29) is 0 Å². The molecule has 0 bridgehead atoms. The summed E-state index contributed by atoms with van der Waals surface area (Å²) in [6.07, 6.45) is -4.90. The molecule has 1 radical (unpaired) electrons. The normalized spacial score (nSPS) is 41.5. The van der Waals surface area contributed by atoms with Crippen LogP contribution in [0.2, 0.25) is 0 Å². The van der Waals surface area contributed by atoms with E-state index in [9.17, 15) is 15.3 Å². The van der Waals surface area contributed by atoms with Crippen LogP contribution in [0.5, 0.6) is 0 Å². The molecule has 0 spiro atoms. The van der Waals surface area contributed by atoms with Gasteiger partial charge in [0.05, 0.1) is 6.61 Å². The molecule has 1 heterocycles. The van der Waals surface area contributed by atoms with Gasteiger partial charge in [0.1, 0.15) is 31.0 Å². The molecule has 0 aromatic carbocycles. The van der Waals surface area contributed by atoms with Gasteiger partial charge in [-0.1, -0.05) is 6.08 Å². The minimum Gasteiger partial charge on any atom is -0.394 e. The summed E-state index contributed by atoms with van der Waals surface area (Å²) < 4.78 is 9.92. The summed E-state index contributed by atoms with van der Waals surface area (Å²) in [5.41, 5.74) is 0. The highest BCUT2D eigenvalue weighted by Crippen LogP contribution is 2.22. The van der Waals surface area contributed by atoms with E-state index >= 15 is 0 Å². The first kappa shape index (κ1) is 12.6. The zero-order valence-corrected chi connectivity index (χ0v) is 8.06. The Balaban J connectivity index is 2.60. The zero-order valence-electron chi connectivity index (χ0n) is 8.06. The highest BCUT2D eigenvalue weighted by atomic mass is 16.7. The lowest BCUT2D eigenvalue weighted by Crippen LogP contribution is -2.58. The van der Waals surface area contributed by atoms with E-state index in [0.29, 0.717) is 0 Å². The molecule has 0 aromatic rings. The van der Waals surface area contributed by atoms with E-state index in [1.165, 1.54) is 12.7 Å². The van der Waals surface area contributed by atoms with Crippen molar-refractivity contribution in [2.45, 2.75) is 30.7 Å². The minimum atomic E-state index is -1.42. The van der Waals surface area contributed by atoms with Crippen LogP contribution in [0.15, 0.2) is 12.7 Å². The maximum atomic E-state index is 9.45. The Kier molecular flexibility index (Phi) is 4.65. The van der Waals surface area contributed by atoms with Crippen molar-refractivity contribution < 1.29 is 29.9 Å². The number of hydrogen-bond donors (Lipinski definition) is 4. The Hall–Kier alpha value is -0.500. The van der Waals surface area contributed by atoms with E-state index in [1.807, 2.05) is 0 Å². The largest absolute Gasteiger partial charge is 0.394 e. The van der Waals surface area contributed by atoms with Gasteiger partial charge in [0.2, 0.25) is 0 Å². The molecule has 1 rings (SSSR count). The molecule has 1 aliphatic heterocycles. The molecule has 6 nitrogen and oxygen atoms in total. The first-order chi connectivity index (χ1) is 7.11. The van der Waals surface area contributed by atoms with E-state index in [4.69, 9.17) is 14.6 Å². The number of hydrogen-bond acceptors (Lipinski definition) is 6. The average molecular weight is 219 g/mol. The number of aliphatic hydroxyl groups excluding tert-OH is 4. The maximum Gasteiger partial charge on any atom is 0.187 e. The lowest BCUT2D eigenvalue weighted by atomic mass is 9.99. The van der Waals surface area contributed by atoms with E-state index < -0.39 is 37.3 Å². The fraction of sp³-hybridized carbons (Fsp3) is 0.667. The van der Waals surface area contributed by atoms with Crippen LogP contribution in [0, 0.1) is 6.61 Å². The molecule has 0 aromatic heterocycles. The van der Waals surface area contributed by atoms with Crippen LogP contribution >= 0.6 is 0 Å². The summed E-state index contributed by atoms with van der Waals surface area (Å²) in [6.45, 7) is 4.08. The molecule has 1 saturated heterocycles. The van der Waals surface area contributed by atoms with Crippen molar-refractivity contribution in [3.05, 3.63) is 19.3 Å². The maximum absolute atomic E-state index is 9.45. The quantitative estimate of drug-likeness (QED) is 0.443. The molecule has 15 heavy (non-hydrogen) atoms. The van der Waals surface area contributed by atoms with Crippen molar-refractivity contribution in [1.82, 2.24) is 0 Å². The van der Waals surface area contributed by atoms with Crippen molar-refractivity contribution in [2.75, 3.05) is 6.61 Å². The minimum absolute atomic E-state index is 0.473. The van der Waals surface area contributed by atoms with Gasteiger partial charge in [-0.2, -0.15) is 0 Å². The summed E-state index contributed by atoms with van der Waals surface area (Å²) in [4.78, 5) is 0. The van der Waals surface area contributed by atoms with Crippen molar-refractivity contribution in [2.24, 2.45) is 0 Å². The van der Waals surface area contributed by atoms with Gasteiger partial charge in [-0.25, -0.2) is 0 Å². The summed E-state index contributed by atoms with van der Waals surface area (Å²) in [5, 5.41) is 37.1. The number of aliphatic hydroxyl groups is 4. The van der Waals surface area contributed by atoms with Gasteiger partial charge in [-0.15, -0.1) is 6.58 Å². The first-order valence-electron chi connectivity index (χ1n) is 4.52. The lowest BCUT2D eigenvalue weighted by Gasteiger charge is -2.39. The number of rotatable bonds is 4. The average Bonchev–Trinajstić information content (AvgIpc) is 2.25. The molecule has 0 amide bonds. The van der Waals surface area contributed by atoms with Crippen LogP contribution < -0.4 is 0 Å². The summed E-state index contributed by atoms with van der Waals surface area (Å²) in [7, 11) is 0. The fourth-order valence-electron chi connectivity index (χ4n) is 1.31. The molecule has 0 saturated carbocycles. The second-order valence-electron chi connectivity index (χ2n) is 3.21. The third kappa shape index (κ3) is 2.75. The summed E-state index contributed by atoms with van der Waals surface area (Å²) in [6, 6.07) is 0. The molecule has 6 heteroatoms. The van der Waals surface area contributed by atoms with Gasteiger partial charge >= 0.3 is 0 Å². The van der Waals surface area contributed by atoms with Crippen molar-refractivity contribution in [3.63, 3.8) is 0 Å². The Morgan fingerprint density at radius 2 is 1.87 bits per heavy atom. The molecule has 87 valence electrons. The van der Waals surface area contributed by atoms with Crippen LogP contribution in [0.25, 0.3) is 0 Å². The molecule has 1 fully saturated rings. The van der Waals surface area contributed by atoms with Gasteiger partial charge < -0.3 is 29.9 Å².